The zero-order valence-electron chi connectivity index (χ0n) is 12.8. The Morgan fingerprint density at radius 2 is 2.20 bits per heavy atom. The molecule has 0 spiro atoms. The Bertz CT molecular complexity index is 542. The van der Waals surface area contributed by atoms with Gasteiger partial charge in [-0.3, -0.25) is 4.68 Å². The van der Waals surface area contributed by atoms with Crippen LogP contribution in [0.2, 0.25) is 0 Å². The van der Waals surface area contributed by atoms with Crippen molar-refractivity contribution in [1.29, 1.82) is 0 Å². The summed E-state index contributed by atoms with van der Waals surface area (Å²) >= 11 is 0. The monoisotopic (exact) mass is 276 g/mol. The van der Waals surface area contributed by atoms with E-state index in [0.717, 1.165) is 49.1 Å². The molecule has 2 aromatic heterocycles. The van der Waals surface area contributed by atoms with Gasteiger partial charge < -0.3 is 9.73 Å². The molecule has 0 fully saturated rings. The Hall–Kier alpha value is -1.62. The molecule has 5 nitrogen and oxygen atoms in total. The Morgan fingerprint density at radius 1 is 1.40 bits per heavy atom. The Labute approximate surface area is 120 Å². The lowest BCUT2D eigenvalue weighted by Gasteiger charge is -2.05. The summed E-state index contributed by atoms with van der Waals surface area (Å²) < 4.78 is 7.76. The van der Waals surface area contributed by atoms with Gasteiger partial charge in [-0.15, -0.1) is 0 Å². The van der Waals surface area contributed by atoms with E-state index in [-0.39, 0.29) is 0 Å². The predicted octanol–water partition coefficient (Wildman–Crippen LogP) is 2.65. The first-order valence-corrected chi connectivity index (χ1v) is 7.30. The van der Waals surface area contributed by atoms with Crippen LogP contribution in [-0.2, 0) is 13.0 Å². The number of rotatable bonds is 7. The van der Waals surface area contributed by atoms with Crippen molar-refractivity contribution in [3.05, 3.63) is 23.8 Å². The van der Waals surface area contributed by atoms with E-state index in [1.807, 2.05) is 17.7 Å². The average Bonchev–Trinajstić information content (AvgIpc) is 3.00. The third kappa shape index (κ3) is 3.70. The highest BCUT2D eigenvalue weighted by Crippen LogP contribution is 2.21. The molecule has 1 N–H and O–H groups in total. The lowest BCUT2D eigenvalue weighted by Crippen LogP contribution is -2.22. The lowest BCUT2D eigenvalue weighted by molar-refractivity contribution is 0.478. The van der Waals surface area contributed by atoms with Gasteiger partial charge >= 0.3 is 0 Å². The molecule has 0 bridgehead atoms. The molecule has 0 amide bonds. The molecule has 5 heteroatoms. The van der Waals surface area contributed by atoms with E-state index in [1.54, 1.807) is 6.20 Å². The summed E-state index contributed by atoms with van der Waals surface area (Å²) in [7, 11) is 0. The first-order valence-electron chi connectivity index (χ1n) is 7.30. The summed E-state index contributed by atoms with van der Waals surface area (Å²) in [4.78, 5) is 4.35. The van der Waals surface area contributed by atoms with E-state index in [4.69, 9.17) is 4.42 Å². The average molecular weight is 276 g/mol. The molecular formula is C15H24N4O. The Morgan fingerprint density at radius 3 is 2.90 bits per heavy atom. The molecule has 0 atom stereocenters. The maximum atomic E-state index is 5.82. The molecule has 110 valence electrons. The van der Waals surface area contributed by atoms with Gasteiger partial charge in [-0.1, -0.05) is 13.8 Å². The zero-order valence-corrected chi connectivity index (χ0v) is 12.8. The number of hydrogen-bond donors (Lipinski definition) is 1. The van der Waals surface area contributed by atoms with Gasteiger partial charge in [-0.2, -0.15) is 5.10 Å². The van der Waals surface area contributed by atoms with Crippen molar-refractivity contribution < 1.29 is 4.42 Å². The van der Waals surface area contributed by atoms with Gasteiger partial charge in [0.05, 0.1) is 11.9 Å². The first kappa shape index (κ1) is 14.8. The second-order valence-electron chi connectivity index (χ2n) is 5.45. The van der Waals surface area contributed by atoms with Gasteiger partial charge in [0.25, 0.3) is 0 Å². The van der Waals surface area contributed by atoms with Crippen LogP contribution in [-0.4, -0.2) is 27.9 Å². The van der Waals surface area contributed by atoms with Gasteiger partial charge in [0.2, 0.25) is 0 Å². The minimum atomic E-state index is 0.664. The van der Waals surface area contributed by atoms with Crippen molar-refractivity contribution in [2.24, 2.45) is 5.92 Å². The van der Waals surface area contributed by atoms with Gasteiger partial charge in [-0.25, -0.2) is 4.98 Å². The van der Waals surface area contributed by atoms with Gasteiger partial charge in [0.1, 0.15) is 5.69 Å². The highest BCUT2D eigenvalue weighted by Gasteiger charge is 2.12. The van der Waals surface area contributed by atoms with E-state index in [0.29, 0.717) is 5.92 Å². The van der Waals surface area contributed by atoms with Gasteiger partial charge in [0, 0.05) is 19.5 Å². The minimum absolute atomic E-state index is 0.664. The quantitative estimate of drug-likeness (QED) is 0.790. The van der Waals surface area contributed by atoms with E-state index in [9.17, 15) is 0 Å². The Balaban J connectivity index is 1.98. The standard InChI is InChI=1S/C15H24N4O/c1-5-19-13(8-12(4)18-19)14-10-17-15(20-14)6-7-16-9-11(2)3/h8,10-11,16H,5-7,9H2,1-4H3. The van der Waals surface area contributed by atoms with Crippen LogP contribution in [0.3, 0.4) is 0 Å². The van der Waals surface area contributed by atoms with Crippen LogP contribution >= 0.6 is 0 Å². The highest BCUT2D eigenvalue weighted by molar-refractivity contribution is 5.51. The van der Waals surface area contributed by atoms with Crippen molar-refractivity contribution >= 4 is 0 Å². The molecule has 2 rings (SSSR count). The predicted molar refractivity (Wildman–Crippen MR) is 79.5 cm³/mol. The fraction of sp³-hybridized carbons (Fsp3) is 0.600. The third-order valence-corrected chi connectivity index (χ3v) is 3.08. The van der Waals surface area contributed by atoms with Crippen molar-refractivity contribution in [2.45, 2.75) is 40.7 Å². The summed E-state index contributed by atoms with van der Waals surface area (Å²) in [5.74, 6) is 2.24. The molecule has 0 radical (unpaired) electrons. The molecule has 0 aliphatic carbocycles. The third-order valence-electron chi connectivity index (χ3n) is 3.08. The van der Waals surface area contributed by atoms with Crippen LogP contribution in [0, 0.1) is 12.8 Å². The second-order valence-corrected chi connectivity index (χ2v) is 5.45. The molecule has 0 aromatic carbocycles. The zero-order chi connectivity index (χ0) is 14.5. The van der Waals surface area contributed by atoms with E-state index in [2.05, 4.69) is 36.2 Å². The number of aryl methyl sites for hydroxylation is 2. The lowest BCUT2D eigenvalue weighted by atomic mass is 10.2. The van der Waals surface area contributed by atoms with Crippen LogP contribution < -0.4 is 5.32 Å². The topological polar surface area (TPSA) is 55.9 Å². The normalized spacial score (nSPS) is 11.4. The second kappa shape index (κ2) is 6.70. The molecule has 0 unspecified atom stereocenters. The minimum Gasteiger partial charge on any atom is -0.439 e. The summed E-state index contributed by atoms with van der Waals surface area (Å²) in [5.41, 5.74) is 2.00. The number of oxazole rings is 1. The number of nitrogens with one attached hydrogen (secondary N) is 1. The van der Waals surface area contributed by atoms with Crippen LogP contribution in [0.4, 0.5) is 0 Å². The maximum Gasteiger partial charge on any atom is 0.196 e. The van der Waals surface area contributed by atoms with Crippen molar-refractivity contribution in [3.63, 3.8) is 0 Å². The molecule has 0 aliphatic rings. The molecule has 0 saturated carbocycles. The van der Waals surface area contributed by atoms with Crippen LogP contribution in [0.15, 0.2) is 16.7 Å². The summed E-state index contributed by atoms with van der Waals surface area (Å²) in [6, 6.07) is 2.03. The van der Waals surface area contributed by atoms with Crippen molar-refractivity contribution in [3.8, 4) is 11.5 Å². The Kier molecular flexibility index (Phi) is 4.95. The van der Waals surface area contributed by atoms with Crippen molar-refractivity contribution in [1.82, 2.24) is 20.1 Å². The molecular weight excluding hydrogens is 252 g/mol. The van der Waals surface area contributed by atoms with Gasteiger partial charge in [-0.05, 0) is 32.4 Å². The molecule has 2 aromatic rings. The maximum absolute atomic E-state index is 5.82. The number of hydrogen-bond acceptors (Lipinski definition) is 4. The molecule has 2 heterocycles. The molecule has 0 aliphatic heterocycles. The largest absolute Gasteiger partial charge is 0.439 e. The summed E-state index contributed by atoms with van der Waals surface area (Å²) in [6.45, 7) is 11.2. The molecule has 20 heavy (non-hydrogen) atoms. The highest BCUT2D eigenvalue weighted by atomic mass is 16.4. The SMILES string of the molecule is CCn1nc(C)cc1-c1cnc(CCNCC(C)C)o1. The van der Waals surface area contributed by atoms with E-state index >= 15 is 0 Å². The van der Waals surface area contributed by atoms with Crippen LogP contribution in [0.5, 0.6) is 0 Å². The van der Waals surface area contributed by atoms with Crippen molar-refractivity contribution in [2.75, 3.05) is 13.1 Å². The van der Waals surface area contributed by atoms with E-state index in [1.165, 1.54) is 0 Å². The number of aromatic nitrogens is 3. The smallest absolute Gasteiger partial charge is 0.196 e. The summed E-state index contributed by atoms with van der Waals surface area (Å²) in [6.07, 6.45) is 2.60. The van der Waals surface area contributed by atoms with E-state index < -0.39 is 0 Å². The fourth-order valence-corrected chi connectivity index (χ4v) is 2.12. The van der Waals surface area contributed by atoms with Crippen LogP contribution in [0.25, 0.3) is 11.5 Å². The number of nitrogens with zero attached hydrogens (tertiary/aromatic N) is 3. The first-order chi connectivity index (χ1) is 9.60. The molecule has 0 saturated heterocycles. The van der Waals surface area contributed by atoms with Crippen LogP contribution in [0.1, 0.15) is 32.4 Å². The summed E-state index contributed by atoms with van der Waals surface area (Å²) in [5, 5.41) is 7.82. The fourth-order valence-electron chi connectivity index (χ4n) is 2.12. The van der Waals surface area contributed by atoms with Gasteiger partial charge in [0.15, 0.2) is 11.7 Å².